The van der Waals surface area contributed by atoms with Gasteiger partial charge >= 0.3 is 5.97 Å². The van der Waals surface area contributed by atoms with E-state index in [-0.39, 0.29) is 5.82 Å². The molecule has 2 rings (SSSR count). The molecule has 0 radical (unpaired) electrons. The highest BCUT2D eigenvalue weighted by atomic mass is 16.5. The summed E-state index contributed by atoms with van der Waals surface area (Å²) in [7, 11) is 1.32. The molecule has 1 aliphatic heterocycles. The van der Waals surface area contributed by atoms with E-state index in [2.05, 4.69) is 20.1 Å². The van der Waals surface area contributed by atoms with Crippen LogP contribution in [-0.4, -0.2) is 34.4 Å². The van der Waals surface area contributed by atoms with Crippen LogP contribution in [0.2, 0.25) is 0 Å². The SMILES string of the molecule is COC(=O)c1nc2n(n1)CCCN2. The number of nitrogens with zero attached hydrogens (tertiary/aromatic N) is 3. The Labute approximate surface area is 74.9 Å². The second kappa shape index (κ2) is 3.04. The Balaban J connectivity index is 2.30. The second-order valence-corrected chi connectivity index (χ2v) is 2.75. The predicted molar refractivity (Wildman–Crippen MR) is 44.5 cm³/mol. The van der Waals surface area contributed by atoms with E-state index < -0.39 is 5.97 Å². The van der Waals surface area contributed by atoms with Crippen LogP contribution in [-0.2, 0) is 11.3 Å². The fraction of sp³-hybridized carbons (Fsp3) is 0.571. The van der Waals surface area contributed by atoms with E-state index in [0.717, 1.165) is 19.5 Å². The topological polar surface area (TPSA) is 69.0 Å². The van der Waals surface area contributed by atoms with Gasteiger partial charge in [0, 0.05) is 13.1 Å². The van der Waals surface area contributed by atoms with E-state index in [4.69, 9.17) is 0 Å². The molecule has 1 N–H and O–H groups in total. The molecule has 1 aromatic rings. The second-order valence-electron chi connectivity index (χ2n) is 2.75. The Morgan fingerprint density at radius 3 is 3.23 bits per heavy atom. The number of carbonyl (C=O) groups excluding carboxylic acids is 1. The van der Waals surface area contributed by atoms with Gasteiger partial charge in [0.25, 0.3) is 5.82 Å². The highest BCUT2D eigenvalue weighted by Gasteiger charge is 2.18. The molecule has 0 aromatic carbocycles. The zero-order chi connectivity index (χ0) is 9.26. The highest BCUT2D eigenvalue weighted by Crippen LogP contribution is 2.10. The van der Waals surface area contributed by atoms with Crippen LogP contribution in [0.3, 0.4) is 0 Å². The summed E-state index contributed by atoms with van der Waals surface area (Å²) in [6, 6.07) is 0. The van der Waals surface area contributed by atoms with Gasteiger partial charge in [-0.25, -0.2) is 9.48 Å². The molecule has 0 fully saturated rings. The van der Waals surface area contributed by atoms with Gasteiger partial charge in [0.15, 0.2) is 0 Å². The molecule has 0 bridgehead atoms. The maximum absolute atomic E-state index is 11.0. The van der Waals surface area contributed by atoms with Gasteiger partial charge in [-0.15, -0.1) is 5.10 Å². The van der Waals surface area contributed by atoms with Gasteiger partial charge in [-0.05, 0) is 6.42 Å². The number of methoxy groups -OCH3 is 1. The molecule has 0 amide bonds. The molecule has 0 saturated heterocycles. The summed E-state index contributed by atoms with van der Waals surface area (Å²) in [5.41, 5.74) is 0. The van der Waals surface area contributed by atoms with E-state index in [1.165, 1.54) is 7.11 Å². The molecule has 6 heteroatoms. The molecule has 1 aromatic heterocycles. The van der Waals surface area contributed by atoms with Crippen molar-refractivity contribution < 1.29 is 9.53 Å². The summed E-state index contributed by atoms with van der Waals surface area (Å²) in [6.07, 6.45) is 0.997. The van der Waals surface area contributed by atoms with Gasteiger partial charge in [0.1, 0.15) is 0 Å². The van der Waals surface area contributed by atoms with Crippen LogP contribution in [0.1, 0.15) is 17.0 Å². The van der Waals surface area contributed by atoms with Gasteiger partial charge in [-0.2, -0.15) is 4.98 Å². The van der Waals surface area contributed by atoms with Crippen molar-refractivity contribution in [2.24, 2.45) is 0 Å². The molecule has 0 saturated carbocycles. The lowest BCUT2D eigenvalue weighted by molar-refractivity contribution is 0.0586. The van der Waals surface area contributed by atoms with Crippen molar-refractivity contribution >= 4 is 11.9 Å². The van der Waals surface area contributed by atoms with Crippen molar-refractivity contribution in [1.29, 1.82) is 0 Å². The summed E-state index contributed by atoms with van der Waals surface area (Å²) < 4.78 is 6.19. The Kier molecular flexibility index (Phi) is 1.88. The van der Waals surface area contributed by atoms with Crippen LogP contribution < -0.4 is 5.32 Å². The summed E-state index contributed by atoms with van der Waals surface area (Å²) >= 11 is 0. The number of rotatable bonds is 1. The fourth-order valence-corrected chi connectivity index (χ4v) is 1.24. The van der Waals surface area contributed by atoms with E-state index in [0.29, 0.717) is 5.95 Å². The van der Waals surface area contributed by atoms with Gasteiger partial charge in [-0.3, -0.25) is 0 Å². The molecule has 70 valence electrons. The molecule has 6 nitrogen and oxygen atoms in total. The van der Waals surface area contributed by atoms with Crippen LogP contribution in [0.4, 0.5) is 5.95 Å². The lowest BCUT2D eigenvalue weighted by atomic mass is 10.4. The van der Waals surface area contributed by atoms with Crippen molar-refractivity contribution in [3.63, 3.8) is 0 Å². The largest absolute Gasteiger partial charge is 0.463 e. The molecule has 0 atom stereocenters. The third-order valence-electron chi connectivity index (χ3n) is 1.87. The zero-order valence-corrected chi connectivity index (χ0v) is 7.28. The predicted octanol–water partition coefficient (Wildman–Crippen LogP) is -0.120. The third kappa shape index (κ3) is 1.34. The summed E-state index contributed by atoms with van der Waals surface area (Å²) in [5.74, 6) is 0.266. The minimum atomic E-state index is -0.497. The van der Waals surface area contributed by atoms with Gasteiger partial charge in [0.2, 0.25) is 5.95 Å². The number of fused-ring (bicyclic) bond motifs is 1. The van der Waals surface area contributed by atoms with Crippen molar-refractivity contribution in [3.05, 3.63) is 5.82 Å². The monoisotopic (exact) mass is 182 g/mol. The molecule has 0 spiro atoms. The first kappa shape index (κ1) is 8.03. The standard InChI is InChI=1S/C7H10N4O2/c1-13-6(12)5-9-7-8-3-2-4-11(7)10-5/h2-4H2,1H3,(H,8,9,10). The van der Waals surface area contributed by atoms with Crippen molar-refractivity contribution in [2.75, 3.05) is 19.0 Å². The molecule has 1 aliphatic rings. The minimum Gasteiger partial charge on any atom is -0.463 e. The molecular formula is C7H10N4O2. The van der Waals surface area contributed by atoms with Gasteiger partial charge in [0.05, 0.1) is 7.11 Å². The Morgan fingerprint density at radius 1 is 1.69 bits per heavy atom. The first-order valence-electron chi connectivity index (χ1n) is 4.08. The Hall–Kier alpha value is -1.59. The first-order valence-corrected chi connectivity index (χ1v) is 4.08. The lowest BCUT2D eigenvalue weighted by Gasteiger charge is -2.12. The van der Waals surface area contributed by atoms with Crippen LogP contribution >= 0.6 is 0 Å². The quantitative estimate of drug-likeness (QED) is 0.613. The number of aromatic nitrogens is 3. The molecule has 2 heterocycles. The van der Waals surface area contributed by atoms with E-state index in [9.17, 15) is 4.79 Å². The number of carbonyl (C=O) groups is 1. The number of esters is 1. The zero-order valence-electron chi connectivity index (χ0n) is 7.28. The maximum Gasteiger partial charge on any atom is 0.378 e. The van der Waals surface area contributed by atoms with Gasteiger partial charge in [-0.1, -0.05) is 0 Å². The number of ether oxygens (including phenoxy) is 1. The van der Waals surface area contributed by atoms with Crippen LogP contribution in [0.15, 0.2) is 0 Å². The normalized spacial score (nSPS) is 14.5. The Morgan fingerprint density at radius 2 is 2.54 bits per heavy atom. The van der Waals surface area contributed by atoms with Gasteiger partial charge < -0.3 is 10.1 Å². The van der Waals surface area contributed by atoms with Crippen LogP contribution in [0.25, 0.3) is 0 Å². The van der Waals surface area contributed by atoms with Crippen molar-refractivity contribution in [1.82, 2.24) is 14.8 Å². The third-order valence-corrected chi connectivity index (χ3v) is 1.87. The summed E-state index contributed by atoms with van der Waals surface area (Å²) in [4.78, 5) is 15.0. The maximum atomic E-state index is 11.0. The number of nitrogens with one attached hydrogen (secondary N) is 1. The van der Waals surface area contributed by atoms with E-state index >= 15 is 0 Å². The number of hydrogen-bond acceptors (Lipinski definition) is 5. The van der Waals surface area contributed by atoms with Crippen molar-refractivity contribution in [3.8, 4) is 0 Å². The smallest absolute Gasteiger partial charge is 0.378 e. The summed E-state index contributed by atoms with van der Waals surface area (Å²) in [6.45, 7) is 1.67. The highest BCUT2D eigenvalue weighted by molar-refractivity contribution is 5.85. The number of hydrogen-bond donors (Lipinski definition) is 1. The average Bonchev–Trinajstić information content (AvgIpc) is 2.59. The number of anilines is 1. The van der Waals surface area contributed by atoms with E-state index in [1.807, 2.05) is 0 Å². The average molecular weight is 182 g/mol. The first-order chi connectivity index (χ1) is 6.31. The van der Waals surface area contributed by atoms with Crippen molar-refractivity contribution in [2.45, 2.75) is 13.0 Å². The summed E-state index contributed by atoms with van der Waals surface area (Å²) in [5, 5.41) is 7.03. The lowest BCUT2D eigenvalue weighted by Crippen LogP contribution is -2.17. The molecule has 0 unspecified atom stereocenters. The fourth-order valence-electron chi connectivity index (χ4n) is 1.24. The number of aryl methyl sites for hydroxylation is 1. The van der Waals surface area contributed by atoms with Crippen LogP contribution in [0.5, 0.6) is 0 Å². The molecule has 13 heavy (non-hydrogen) atoms. The van der Waals surface area contributed by atoms with Crippen LogP contribution in [0, 0.1) is 0 Å². The van der Waals surface area contributed by atoms with E-state index in [1.54, 1.807) is 4.68 Å². The molecule has 0 aliphatic carbocycles. The minimum absolute atomic E-state index is 0.118. The Bertz CT molecular complexity index is 310. The molecular weight excluding hydrogens is 172 g/mol.